The molecule has 2 amide bonds. The predicted molar refractivity (Wildman–Crippen MR) is 134 cm³/mol. The number of nitrogens with one attached hydrogen (secondary N) is 3. The Morgan fingerprint density at radius 1 is 1.12 bits per heavy atom. The molecule has 0 fully saturated rings. The van der Waals surface area contributed by atoms with Crippen molar-refractivity contribution in [1.29, 1.82) is 0 Å². The molecule has 0 aliphatic heterocycles. The van der Waals surface area contributed by atoms with Crippen LogP contribution >= 0.6 is 11.5 Å². The quantitative estimate of drug-likeness (QED) is 0.208. The van der Waals surface area contributed by atoms with Crippen molar-refractivity contribution in [2.45, 2.75) is 75.3 Å². The maximum absolute atomic E-state index is 12.4. The zero-order valence-corrected chi connectivity index (χ0v) is 21.3. The fourth-order valence-electron chi connectivity index (χ4n) is 3.16. The lowest BCUT2D eigenvalue weighted by atomic mass is 10.0. The Balaban J connectivity index is 1.49. The highest BCUT2D eigenvalue weighted by atomic mass is 32.2. The molecule has 2 rings (SSSR count). The van der Waals surface area contributed by atoms with Crippen LogP contribution in [-0.2, 0) is 15.5 Å². The average Bonchev–Trinajstić information content (AvgIpc) is 3.31. The minimum atomic E-state index is -1.45. The Morgan fingerprint density at radius 3 is 2.67 bits per heavy atom. The largest absolute Gasteiger partial charge is 0.381 e. The minimum Gasteiger partial charge on any atom is -0.381 e. The monoisotopic (exact) mass is 495 g/mol. The molecule has 1 heterocycles. The van der Waals surface area contributed by atoms with Gasteiger partial charge in [-0.1, -0.05) is 70.6 Å². The van der Waals surface area contributed by atoms with Crippen LogP contribution in [0, 0.1) is 5.92 Å². The maximum atomic E-state index is 12.4. The number of rotatable bonds is 17. The molecule has 0 radical (unpaired) electrons. The highest BCUT2D eigenvalue weighted by molar-refractivity contribution is 7.85. The van der Waals surface area contributed by atoms with Crippen LogP contribution in [0.15, 0.2) is 40.4 Å². The molecule has 0 saturated heterocycles. The normalized spacial score (nSPS) is 12.8. The van der Waals surface area contributed by atoms with Crippen LogP contribution in [0.3, 0.4) is 0 Å². The molecule has 1 aromatic carbocycles. The number of carbonyl (C=O) groups excluding carboxylic acids is 1. The van der Waals surface area contributed by atoms with Gasteiger partial charge in [-0.2, -0.15) is 9.36 Å². The Morgan fingerprint density at radius 2 is 1.88 bits per heavy atom. The van der Waals surface area contributed by atoms with Crippen molar-refractivity contribution in [3.8, 4) is 0 Å². The summed E-state index contributed by atoms with van der Waals surface area (Å²) >= 11 is 1.03. The fraction of sp³-hybridized carbons (Fsp3) is 0.609. The molecule has 0 aliphatic rings. The molecule has 2 atom stereocenters. The number of unbranched alkanes of at least 4 members (excludes halogenated alkanes) is 5. The molecule has 3 N–H and O–H groups in total. The molecule has 8 nitrogen and oxygen atoms in total. The molecule has 0 aliphatic carbocycles. The van der Waals surface area contributed by atoms with Gasteiger partial charge in [0.2, 0.25) is 10.3 Å². The van der Waals surface area contributed by atoms with E-state index in [0.717, 1.165) is 24.6 Å². The summed E-state index contributed by atoms with van der Waals surface area (Å²) in [5.74, 6) is 0.574. The van der Waals surface area contributed by atoms with Gasteiger partial charge in [0.15, 0.2) is 0 Å². The molecule has 1 aromatic heterocycles. The van der Waals surface area contributed by atoms with E-state index in [4.69, 9.17) is 4.74 Å². The average molecular weight is 496 g/mol. The van der Waals surface area contributed by atoms with E-state index in [9.17, 15) is 9.00 Å². The van der Waals surface area contributed by atoms with Crippen LogP contribution in [0.5, 0.6) is 0 Å². The van der Waals surface area contributed by atoms with E-state index >= 15 is 0 Å². The van der Waals surface area contributed by atoms with Crippen LogP contribution in [0.1, 0.15) is 65.2 Å². The molecule has 33 heavy (non-hydrogen) atoms. The number of amides is 2. The molecule has 10 heteroatoms. The van der Waals surface area contributed by atoms with Gasteiger partial charge in [-0.3, -0.25) is 5.43 Å². The Kier molecular flexibility index (Phi) is 13.6. The molecule has 2 aromatic rings. The fourth-order valence-corrected chi connectivity index (χ4v) is 4.82. The van der Waals surface area contributed by atoms with Gasteiger partial charge in [-0.25, -0.2) is 14.4 Å². The molecule has 0 spiro atoms. The third kappa shape index (κ3) is 11.6. The first-order valence-corrected chi connectivity index (χ1v) is 13.7. The van der Waals surface area contributed by atoms with Crippen LogP contribution in [0.2, 0.25) is 0 Å². The third-order valence-electron chi connectivity index (χ3n) is 5.02. The lowest BCUT2D eigenvalue weighted by Gasteiger charge is -2.12. The van der Waals surface area contributed by atoms with Gasteiger partial charge in [0.25, 0.3) is 0 Å². The summed E-state index contributed by atoms with van der Waals surface area (Å²) in [7, 11) is -1.45. The highest BCUT2D eigenvalue weighted by Crippen LogP contribution is 2.17. The second-order valence-electron chi connectivity index (χ2n) is 8.06. The predicted octanol–water partition coefficient (Wildman–Crippen LogP) is 5.12. The number of anilines is 1. The van der Waals surface area contributed by atoms with E-state index in [1.165, 1.54) is 44.9 Å². The number of ether oxygens (including phenoxy) is 1. The van der Waals surface area contributed by atoms with Crippen molar-refractivity contribution in [1.82, 2.24) is 20.1 Å². The van der Waals surface area contributed by atoms with Crippen molar-refractivity contribution < 1.29 is 13.7 Å². The molecular formula is C23H37N5O3S2. The van der Waals surface area contributed by atoms with Gasteiger partial charge in [0, 0.05) is 36.2 Å². The maximum Gasteiger partial charge on any atom is 0.333 e. The van der Waals surface area contributed by atoms with E-state index in [-0.39, 0.29) is 11.2 Å². The number of hydrogen-bond acceptors (Lipinski definition) is 7. The summed E-state index contributed by atoms with van der Waals surface area (Å²) in [6, 6.07) is 8.63. The first-order chi connectivity index (χ1) is 16.1. The lowest BCUT2D eigenvalue weighted by molar-refractivity contribution is 0.0993. The number of hydrazine groups is 1. The van der Waals surface area contributed by atoms with Gasteiger partial charge in [0.05, 0.1) is 0 Å². The standard InChI is InChI=1S/C23H37N5O3S2/c1-3-4-5-6-7-9-13-19(2)18-31-17-12-16-24-21(29)26-27-22-25-23(28-32-22)33(30)20-14-10-8-11-15-20/h8,10-11,14-15,19H,3-7,9,12-13,16-18H2,1-2H3,(H2,24,26,29)(H,25,27,28). The third-order valence-corrected chi connectivity index (χ3v) is 6.98. The summed E-state index contributed by atoms with van der Waals surface area (Å²) in [6.45, 7) is 6.38. The van der Waals surface area contributed by atoms with Gasteiger partial charge < -0.3 is 10.1 Å². The first-order valence-electron chi connectivity index (χ1n) is 11.8. The number of carbonyl (C=O) groups is 1. The van der Waals surface area contributed by atoms with Crippen molar-refractivity contribution in [2.24, 2.45) is 5.92 Å². The van der Waals surface area contributed by atoms with E-state index in [1.807, 2.05) is 18.2 Å². The molecule has 0 bridgehead atoms. The summed E-state index contributed by atoms with van der Waals surface area (Å²) in [6.07, 6.45) is 9.90. The topological polar surface area (TPSA) is 105 Å². The number of nitrogens with zero attached hydrogens (tertiary/aromatic N) is 2. The Labute approximate surface area is 203 Å². The van der Waals surface area contributed by atoms with Crippen molar-refractivity contribution >= 4 is 33.5 Å². The van der Waals surface area contributed by atoms with Crippen molar-refractivity contribution in [3.05, 3.63) is 30.3 Å². The summed E-state index contributed by atoms with van der Waals surface area (Å²) in [5.41, 5.74) is 5.20. The summed E-state index contributed by atoms with van der Waals surface area (Å²) in [4.78, 5) is 16.7. The highest BCUT2D eigenvalue weighted by Gasteiger charge is 2.13. The van der Waals surface area contributed by atoms with Gasteiger partial charge in [-0.05, 0) is 30.9 Å². The first kappa shape index (κ1) is 27.2. The van der Waals surface area contributed by atoms with E-state index < -0.39 is 10.8 Å². The van der Waals surface area contributed by atoms with Crippen molar-refractivity contribution in [3.63, 3.8) is 0 Å². The zero-order chi connectivity index (χ0) is 23.7. The lowest BCUT2D eigenvalue weighted by Crippen LogP contribution is -2.39. The molecular weight excluding hydrogens is 458 g/mol. The van der Waals surface area contributed by atoms with Crippen LogP contribution < -0.4 is 16.2 Å². The van der Waals surface area contributed by atoms with Gasteiger partial charge in [-0.15, -0.1) is 0 Å². The van der Waals surface area contributed by atoms with Gasteiger partial charge in [0.1, 0.15) is 10.8 Å². The SMILES string of the molecule is CCCCCCCCC(C)COCCCNC(=O)NNc1nc(S(=O)c2ccccc2)ns1. The van der Waals surface area contributed by atoms with E-state index in [0.29, 0.717) is 29.1 Å². The van der Waals surface area contributed by atoms with Crippen LogP contribution in [0.25, 0.3) is 0 Å². The molecule has 184 valence electrons. The Hall–Kier alpha value is -2.04. The smallest absolute Gasteiger partial charge is 0.333 e. The summed E-state index contributed by atoms with van der Waals surface area (Å²) in [5, 5.41) is 3.33. The summed E-state index contributed by atoms with van der Waals surface area (Å²) < 4.78 is 22.2. The number of benzene rings is 1. The molecule has 2 unspecified atom stereocenters. The van der Waals surface area contributed by atoms with Crippen molar-refractivity contribution in [2.75, 3.05) is 25.2 Å². The Bertz CT molecular complexity index is 819. The van der Waals surface area contributed by atoms with Gasteiger partial charge >= 0.3 is 6.03 Å². The van der Waals surface area contributed by atoms with E-state index in [1.54, 1.807) is 12.1 Å². The zero-order valence-electron chi connectivity index (χ0n) is 19.7. The van der Waals surface area contributed by atoms with Crippen LogP contribution in [0.4, 0.5) is 9.93 Å². The molecule has 0 saturated carbocycles. The number of hydrogen-bond donors (Lipinski definition) is 3. The minimum absolute atomic E-state index is 0.207. The second kappa shape index (κ2) is 16.6. The van der Waals surface area contributed by atoms with E-state index in [2.05, 4.69) is 39.4 Å². The second-order valence-corrected chi connectivity index (χ2v) is 10.2. The van der Waals surface area contributed by atoms with Crippen LogP contribution in [-0.4, -0.2) is 39.4 Å². The number of aromatic nitrogens is 2. The number of urea groups is 1.